The lowest BCUT2D eigenvalue weighted by atomic mass is 10.3. The molecule has 1 amide bonds. The fraction of sp³-hybridized carbons (Fsp3) is 0.235. The second kappa shape index (κ2) is 8.52. The largest absolute Gasteiger partial charge is 0.490 e. The van der Waals surface area contributed by atoms with Gasteiger partial charge in [0.15, 0.2) is 15.6 Å². The molecule has 0 radical (unpaired) electrons. The molecule has 0 spiro atoms. The van der Waals surface area contributed by atoms with Crippen molar-refractivity contribution in [2.24, 2.45) is 0 Å². The molecule has 134 valence electrons. The minimum absolute atomic E-state index is 0.0146. The monoisotopic (exact) mass is 474 g/mol. The van der Waals surface area contributed by atoms with Crippen LogP contribution in [0.25, 0.3) is 0 Å². The van der Waals surface area contributed by atoms with Gasteiger partial charge in [-0.25, -0.2) is 8.42 Å². The molecule has 0 heterocycles. The summed E-state index contributed by atoms with van der Waals surface area (Å²) >= 11 is 2.19. The van der Waals surface area contributed by atoms with Crippen LogP contribution in [0.3, 0.4) is 0 Å². The van der Waals surface area contributed by atoms with Crippen molar-refractivity contribution in [2.75, 3.05) is 30.0 Å². The normalized spacial score (nSPS) is 11.0. The molecule has 0 saturated heterocycles. The van der Waals surface area contributed by atoms with E-state index in [1.165, 1.54) is 6.07 Å². The standard InChI is InChI=1S/C17H19IN2O4S/c1-3-24-17-14(5-4-6-15(17)25(2,22)23)19-11-16(21)20-13-9-7-12(18)8-10-13/h4-10,19H,3,11H2,1-2H3,(H,20,21). The number of benzene rings is 2. The van der Waals surface area contributed by atoms with Gasteiger partial charge in [-0.3, -0.25) is 4.79 Å². The van der Waals surface area contributed by atoms with E-state index < -0.39 is 9.84 Å². The summed E-state index contributed by atoms with van der Waals surface area (Å²) < 4.78 is 30.4. The lowest BCUT2D eigenvalue weighted by Gasteiger charge is -2.15. The Balaban J connectivity index is 2.11. The van der Waals surface area contributed by atoms with Crippen molar-refractivity contribution in [3.63, 3.8) is 0 Å². The Labute approximate surface area is 161 Å². The molecule has 0 aromatic heterocycles. The van der Waals surface area contributed by atoms with Crippen molar-refractivity contribution in [3.05, 3.63) is 46.0 Å². The quantitative estimate of drug-likeness (QED) is 0.603. The predicted octanol–water partition coefficient (Wildman–Crippen LogP) is 3.14. The van der Waals surface area contributed by atoms with Gasteiger partial charge in [-0.05, 0) is 65.9 Å². The van der Waals surface area contributed by atoms with E-state index in [0.717, 1.165) is 9.83 Å². The van der Waals surface area contributed by atoms with Crippen LogP contribution >= 0.6 is 22.6 Å². The highest BCUT2D eigenvalue weighted by Gasteiger charge is 2.18. The molecule has 0 atom stereocenters. The van der Waals surface area contributed by atoms with Crippen LogP contribution in [-0.2, 0) is 14.6 Å². The van der Waals surface area contributed by atoms with E-state index in [9.17, 15) is 13.2 Å². The van der Waals surface area contributed by atoms with Crippen LogP contribution in [0, 0.1) is 3.57 Å². The van der Waals surface area contributed by atoms with Crippen LogP contribution in [-0.4, -0.2) is 33.7 Å². The van der Waals surface area contributed by atoms with Gasteiger partial charge in [0.1, 0.15) is 4.90 Å². The fourth-order valence-corrected chi connectivity index (χ4v) is 3.35. The average molecular weight is 474 g/mol. The second-order valence-corrected chi connectivity index (χ2v) is 8.48. The predicted molar refractivity (Wildman–Crippen MR) is 107 cm³/mol. The highest BCUT2D eigenvalue weighted by molar-refractivity contribution is 14.1. The van der Waals surface area contributed by atoms with Gasteiger partial charge in [0.25, 0.3) is 0 Å². The highest BCUT2D eigenvalue weighted by atomic mass is 127. The molecular weight excluding hydrogens is 455 g/mol. The van der Waals surface area contributed by atoms with Crippen LogP contribution in [0.4, 0.5) is 11.4 Å². The van der Waals surface area contributed by atoms with Gasteiger partial charge in [-0.2, -0.15) is 0 Å². The molecular formula is C17H19IN2O4S. The lowest BCUT2D eigenvalue weighted by molar-refractivity contribution is -0.114. The summed E-state index contributed by atoms with van der Waals surface area (Å²) in [7, 11) is -3.44. The first-order valence-electron chi connectivity index (χ1n) is 7.56. The minimum atomic E-state index is -3.44. The van der Waals surface area contributed by atoms with E-state index in [-0.39, 0.29) is 23.1 Å². The van der Waals surface area contributed by atoms with Crippen molar-refractivity contribution in [3.8, 4) is 5.75 Å². The summed E-state index contributed by atoms with van der Waals surface area (Å²) in [6.07, 6.45) is 1.12. The SMILES string of the molecule is CCOc1c(NCC(=O)Nc2ccc(I)cc2)cccc1S(C)(=O)=O. The van der Waals surface area contributed by atoms with E-state index in [1.807, 2.05) is 24.3 Å². The molecule has 0 fully saturated rings. The average Bonchev–Trinajstić information content (AvgIpc) is 2.55. The third kappa shape index (κ3) is 5.60. The summed E-state index contributed by atoms with van der Waals surface area (Å²) in [5.74, 6) is -0.0111. The Morgan fingerprint density at radius 1 is 1.16 bits per heavy atom. The number of carbonyl (C=O) groups is 1. The molecule has 0 unspecified atom stereocenters. The molecule has 6 nitrogen and oxygen atoms in total. The fourth-order valence-electron chi connectivity index (χ4n) is 2.15. The maximum absolute atomic E-state index is 12.1. The third-order valence-corrected chi connectivity index (χ3v) is 5.07. The number of amides is 1. The Kier molecular flexibility index (Phi) is 6.65. The highest BCUT2D eigenvalue weighted by Crippen LogP contribution is 2.32. The number of anilines is 2. The summed E-state index contributed by atoms with van der Waals surface area (Å²) in [6.45, 7) is 2.07. The van der Waals surface area contributed by atoms with Crippen molar-refractivity contribution in [1.82, 2.24) is 0 Å². The van der Waals surface area contributed by atoms with Crippen LogP contribution in [0.15, 0.2) is 47.4 Å². The number of halogens is 1. The second-order valence-electron chi connectivity index (χ2n) is 5.25. The first-order valence-corrected chi connectivity index (χ1v) is 10.5. The molecule has 0 saturated carbocycles. The summed E-state index contributed by atoms with van der Waals surface area (Å²) in [5, 5.41) is 5.71. The van der Waals surface area contributed by atoms with Gasteiger partial charge in [0.05, 0.1) is 18.8 Å². The number of carbonyl (C=O) groups excluding carboxylic acids is 1. The minimum Gasteiger partial charge on any atom is -0.490 e. The van der Waals surface area contributed by atoms with Crippen LogP contribution in [0.2, 0.25) is 0 Å². The van der Waals surface area contributed by atoms with E-state index in [2.05, 4.69) is 33.2 Å². The molecule has 0 aliphatic rings. The first-order chi connectivity index (χ1) is 11.8. The number of hydrogen-bond acceptors (Lipinski definition) is 5. The van der Waals surface area contributed by atoms with Crippen LogP contribution < -0.4 is 15.4 Å². The van der Waals surface area contributed by atoms with Crippen molar-refractivity contribution < 1.29 is 17.9 Å². The molecule has 8 heteroatoms. The van der Waals surface area contributed by atoms with E-state index in [0.29, 0.717) is 18.0 Å². The summed E-state index contributed by atoms with van der Waals surface area (Å²) in [6, 6.07) is 12.2. The van der Waals surface area contributed by atoms with Gasteiger partial charge < -0.3 is 15.4 Å². The van der Waals surface area contributed by atoms with E-state index in [1.54, 1.807) is 19.1 Å². The number of ether oxygens (including phenoxy) is 1. The maximum Gasteiger partial charge on any atom is 0.243 e. The summed E-state index contributed by atoms with van der Waals surface area (Å²) in [5.41, 5.74) is 1.16. The topological polar surface area (TPSA) is 84.5 Å². The number of sulfone groups is 1. The van der Waals surface area contributed by atoms with Crippen LogP contribution in [0.1, 0.15) is 6.92 Å². The van der Waals surface area contributed by atoms with Gasteiger partial charge in [-0.1, -0.05) is 6.07 Å². The Morgan fingerprint density at radius 3 is 2.44 bits per heavy atom. The number of nitrogens with one attached hydrogen (secondary N) is 2. The third-order valence-electron chi connectivity index (χ3n) is 3.23. The smallest absolute Gasteiger partial charge is 0.243 e. The molecule has 2 N–H and O–H groups in total. The van der Waals surface area contributed by atoms with Gasteiger partial charge in [0.2, 0.25) is 5.91 Å². The zero-order valence-corrected chi connectivity index (χ0v) is 16.8. The molecule has 2 rings (SSSR count). The molecule has 0 aliphatic heterocycles. The molecule has 2 aromatic carbocycles. The van der Waals surface area contributed by atoms with E-state index in [4.69, 9.17) is 4.74 Å². The zero-order valence-electron chi connectivity index (χ0n) is 13.9. The Hall–Kier alpha value is -1.81. The molecule has 0 bridgehead atoms. The Bertz CT molecular complexity index is 851. The number of hydrogen-bond donors (Lipinski definition) is 2. The van der Waals surface area contributed by atoms with Gasteiger partial charge >= 0.3 is 0 Å². The molecule has 2 aromatic rings. The number of rotatable bonds is 7. The van der Waals surface area contributed by atoms with Crippen molar-refractivity contribution in [1.29, 1.82) is 0 Å². The van der Waals surface area contributed by atoms with Crippen molar-refractivity contribution >= 4 is 49.7 Å². The van der Waals surface area contributed by atoms with Gasteiger partial charge in [-0.15, -0.1) is 0 Å². The number of para-hydroxylation sites is 1. The summed E-state index contributed by atoms with van der Waals surface area (Å²) in [4.78, 5) is 12.2. The van der Waals surface area contributed by atoms with Crippen molar-refractivity contribution in [2.45, 2.75) is 11.8 Å². The molecule has 25 heavy (non-hydrogen) atoms. The zero-order chi connectivity index (χ0) is 18.4. The molecule has 0 aliphatic carbocycles. The lowest BCUT2D eigenvalue weighted by Crippen LogP contribution is -2.22. The van der Waals surface area contributed by atoms with Crippen LogP contribution in [0.5, 0.6) is 5.75 Å². The first kappa shape index (κ1) is 19.5. The maximum atomic E-state index is 12.1. The van der Waals surface area contributed by atoms with Gasteiger partial charge in [0, 0.05) is 15.5 Å². The Morgan fingerprint density at radius 2 is 1.84 bits per heavy atom. The van der Waals surface area contributed by atoms with E-state index >= 15 is 0 Å².